The Balaban J connectivity index is 2.28. The highest BCUT2D eigenvalue weighted by atomic mass is 32.1. The third-order valence-electron chi connectivity index (χ3n) is 3.01. The van der Waals surface area contributed by atoms with Crippen molar-refractivity contribution in [3.8, 4) is 0 Å². The summed E-state index contributed by atoms with van der Waals surface area (Å²) in [5, 5.41) is 6.99. The second kappa shape index (κ2) is 6.43. The highest BCUT2D eigenvalue weighted by Gasteiger charge is 2.14. The molecule has 2 rings (SSSR count). The van der Waals surface area contributed by atoms with E-state index in [4.69, 9.17) is 5.73 Å². The monoisotopic (exact) mass is 289 g/mol. The summed E-state index contributed by atoms with van der Waals surface area (Å²) in [6.07, 6.45) is 0. The molecule has 1 aromatic heterocycles. The summed E-state index contributed by atoms with van der Waals surface area (Å²) in [4.78, 5) is 14.2. The number of hydrogen-bond donors (Lipinski definition) is 2. The number of rotatable bonds is 5. The number of thiophene rings is 1. The van der Waals surface area contributed by atoms with Crippen molar-refractivity contribution in [3.05, 3.63) is 46.2 Å². The Kier molecular flexibility index (Phi) is 4.63. The molecule has 4 nitrogen and oxygen atoms in total. The number of anilines is 2. The van der Waals surface area contributed by atoms with Crippen LogP contribution in [0.1, 0.15) is 22.8 Å². The Morgan fingerprint density at radius 1 is 1.40 bits per heavy atom. The van der Waals surface area contributed by atoms with Gasteiger partial charge in [-0.3, -0.25) is 4.79 Å². The van der Waals surface area contributed by atoms with Gasteiger partial charge in [0.2, 0.25) is 0 Å². The van der Waals surface area contributed by atoms with E-state index in [1.807, 2.05) is 30.3 Å². The van der Waals surface area contributed by atoms with Gasteiger partial charge in [0.25, 0.3) is 5.91 Å². The molecule has 0 saturated heterocycles. The third-order valence-corrected chi connectivity index (χ3v) is 3.75. The number of nitrogens with zero attached hydrogens (tertiary/aromatic N) is 1. The summed E-state index contributed by atoms with van der Waals surface area (Å²) in [7, 11) is 1.97. The van der Waals surface area contributed by atoms with Crippen LogP contribution in [0.5, 0.6) is 0 Å². The Morgan fingerprint density at radius 3 is 2.85 bits per heavy atom. The molecular formula is C15H19N3OS. The van der Waals surface area contributed by atoms with E-state index in [2.05, 4.69) is 16.8 Å². The van der Waals surface area contributed by atoms with Gasteiger partial charge in [0.1, 0.15) is 0 Å². The van der Waals surface area contributed by atoms with Gasteiger partial charge in [0.05, 0.1) is 11.3 Å². The van der Waals surface area contributed by atoms with E-state index >= 15 is 0 Å². The van der Waals surface area contributed by atoms with Gasteiger partial charge in [0, 0.05) is 25.8 Å². The average Bonchev–Trinajstić information content (AvgIpc) is 2.91. The van der Waals surface area contributed by atoms with E-state index in [9.17, 15) is 4.79 Å². The van der Waals surface area contributed by atoms with Crippen LogP contribution in [0.3, 0.4) is 0 Å². The molecule has 1 amide bonds. The smallest absolute Gasteiger partial charge is 0.253 e. The summed E-state index contributed by atoms with van der Waals surface area (Å²) in [6.45, 7) is 3.26. The fraction of sp³-hybridized carbons (Fsp3) is 0.267. The number of carbonyl (C=O) groups excluding carboxylic acids is 1. The number of hydrogen-bond acceptors (Lipinski definition) is 4. The Morgan fingerprint density at radius 2 is 2.20 bits per heavy atom. The number of carbonyl (C=O) groups is 1. The van der Waals surface area contributed by atoms with Crippen molar-refractivity contribution in [2.45, 2.75) is 13.5 Å². The molecule has 5 heteroatoms. The Hall–Kier alpha value is -2.01. The predicted molar refractivity (Wildman–Crippen MR) is 85.3 cm³/mol. The molecule has 0 unspecified atom stereocenters. The zero-order chi connectivity index (χ0) is 14.5. The normalized spacial score (nSPS) is 10.3. The lowest BCUT2D eigenvalue weighted by Crippen LogP contribution is -2.26. The van der Waals surface area contributed by atoms with Crippen molar-refractivity contribution in [3.63, 3.8) is 0 Å². The summed E-state index contributed by atoms with van der Waals surface area (Å²) < 4.78 is 0. The third kappa shape index (κ3) is 3.30. The fourth-order valence-corrected chi connectivity index (χ4v) is 2.71. The minimum absolute atomic E-state index is 0.0698. The van der Waals surface area contributed by atoms with E-state index in [-0.39, 0.29) is 5.91 Å². The van der Waals surface area contributed by atoms with Crippen LogP contribution >= 0.6 is 11.3 Å². The molecule has 0 aliphatic carbocycles. The topological polar surface area (TPSA) is 58.4 Å². The minimum Gasteiger partial charge on any atom is -0.399 e. The van der Waals surface area contributed by atoms with Crippen LogP contribution in [0, 0.1) is 0 Å². The zero-order valence-corrected chi connectivity index (χ0v) is 12.5. The van der Waals surface area contributed by atoms with Crippen LogP contribution in [0.4, 0.5) is 11.4 Å². The Bertz CT molecular complexity index is 581. The first-order valence-corrected chi connectivity index (χ1v) is 7.46. The van der Waals surface area contributed by atoms with E-state index in [1.165, 1.54) is 5.56 Å². The van der Waals surface area contributed by atoms with Gasteiger partial charge in [-0.05, 0) is 47.5 Å². The number of nitrogens with two attached hydrogens (primary N) is 1. The summed E-state index contributed by atoms with van der Waals surface area (Å²) in [6, 6.07) is 7.46. The second-order valence-corrected chi connectivity index (χ2v) is 5.40. The van der Waals surface area contributed by atoms with Crippen LogP contribution in [0.15, 0.2) is 35.0 Å². The van der Waals surface area contributed by atoms with Crippen molar-refractivity contribution in [2.75, 3.05) is 24.2 Å². The maximum Gasteiger partial charge on any atom is 0.253 e. The average molecular weight is 289 g/mol. The molecule has 0 bridgehead atoms. The molecule has 1 heterocycles. The molecule has 0 fully saturated rings. The maximum absolute atomic E-state index is 12.1. The summed E-state index contributed by atoms with van der Waals surface area (Å²) in [5.74, 6) is -0.0698. The first-order valence-electron chi connectivity index (χ1n) is 6.51. The SMILES string of the molecule is CCNC(=O)c1ccc(N)cc1N(C)Cc1ccsc1. The molecule has 1 aromatic carbocycles. The molecule has 3 N–H and O–H groups in total. The van der Waals surface area contributed by atoms with Crippen LogP contribution in [-0.4, -0.2) is 19.5 Å². The lowest BCUT2D eigenvalue weighted by molar-refractivity contribution is 0.0956. The van der Waals surface area contributed by atoms with E-state index < -0.39 is 0 Å². The van der Waals surface area contributed by atoms with Gasteiger partial charge < -0.3 is 16.0 Å². The molecule has 20 heavy (non-hydrogen) atoms. The van der Waals surface area contributed by atoms with Crippen molar-refractivity contribution in [2.24, 2.45) is 0 Å². The highest BCUT2D eigenvalue weighted by Crippen LogP contribution is 2.24. The lowest BCUT2D eigenvalue weighted by atomic mass is 10.1. The van der Waals surface area contributed by atoms with E-state index in [0.29, 0.717) is 17.8 Å². The predicted octanol–water partition coefficient (Wildman–Crippen LogP) is 2.72. The molecule has 0 aliphatic heterocycles. The van der Waals surface area contributed by atoms with Crippen LogP contribution < -0.4 is 16.0 Å². The number of nitrogens with one attached hydrogen (secondary N) is 1. The molecular weight excluding hydrogens is 270 g/mol. The van der Waals surface area contributed by atoms with Gasteiger partial charge in [-0.25, -0.2) is 0 Å². The zero-order valence-electron chi connectivity index (χ0n) is 11.7. The van der Waals surface area contributed by atoms with E-state index in [0.717, 1.165) is 12.2 Å². The van der Waals surface area contributed by atoms with Crippen molar-refractivity contribution in [1.29, 1.82) is 0 Å². The minimum atomic E-state index is -0.0698. The highest BCUT2D eigenvalue weighted by molar-refractivity contribution is 7.07. The first-order chi connectivity index (χ1) is 9.61. The molecule has 106 valence electrons. The van der Waals surface area contributed by atoms with Crippen LogP contribution in [-0.2, 0) is 6.54 Å². The molecule has 0 radical (unpaired) electrons. The van der Waals surface area contributed by atoms with Gasteiger partial charge in [-0.15, -0.1) is 0 Å². The molecule has 0 saturated carbocycles. The molecule has 0 aliphatic rings. The fourth-order valence-electron chi connectivity index (χ4n) is 2.05. The van der Waals surface area contributed by atoms with Gasteiger partial charge in [0.15, 0.2) is 0 Å². The molecule has 2 aromatic rings. The molecule has 0 spiro atoms. The van der Waals surface area contributed by atoms with Crippen molar-refractivity contribution >= 4 is 28.6 Å². The standard InChI is InChI=1S/C15H19N3OS/c1-3-17-15(19)13-5-4-12(16)8-14(13)18(2)9-11-6-7-20-10-11/h4-8,10H,3,9,16H2,1-2H3,(H,17,19). The van der Waals surface area contributed by atoms with Crippen molar-refractivity contribution < 1.29 is 4.79 Å². The molecule has 0 atom stereocenters. The van der Waals surface area contributed by atoms with Gasteiger partial charge in [-0.1, -0.05) is 0 Å². The van der Waals surface area contributed by atoms with Gasteiger partial charge in [-0.2, -0.15) is 11.3 Å². The number of nitrogen functional groups attached to an aromatic ring is 1. The quantitative estimate of drug-likeness (QED) is 0.832. The lowest BCUT2D eigenvalue weighted by Gasteiger charge is -2.22. The summed E-state index contributed by atoms with van der Waals surface area (Å²) >= 11 is 1.67. The van der Waals surface area contributed by atoms with Gasteiger partial charge >= 0.3 is 0 Å². The number of benzene rings is 1. The van der Waals surface area contributed by atoms with Crippen LogP contribution in [0.2, 0.25) is 0 Å². The number of amides is 1. The largest absolute Gasteiger partial charge is 0.399 e. The Labute approximate surface area is 123 Å². The van der Waals surface area contributed by atoms with Crippen molar-refractivity contribution in [1.82, 2.24) is 5.32 Å². The van der Waals surface area contributed by atoms with E-state index in [1.54, 1.807) is 23.5 Å². The van der Waals surface area contributed by atoms with Crippen LogP contribution in [0.25, 0.3) is 0 Å². The second-order valence-electron chi connectivity index (χ2n) is 4.62. The first kappa shape index (κ1) is 14.4. The maximum atomic E-state index is 12.1. The summed E-state index contributed by atoms with van der Waals surface area (Å²) in [5.41, 5.74) is 9.24.